The van der Waals surface area contributed by atoms with Gasteiger partial charge in [-0.2, -0.15) is 0 Å². The molecular formula is C38H29BrF12N6OP2Ru. The van der Waals surface area contributed by atoms with Crippen molar-refractivity contribution in [1.82, 2.24) is 29.9 Å². The molecule has 7 rings (SSSR count). The Bertz CT molecular complexity index is 2290. The minimum absolute atomic E-state index is 0. The monoisotopic (exact) mass is 1060 g/mol. The van der Waals surface area contributed by atoms with E-state index in [0.717, 1.165) is 62.2 Å². The number of hydrogen-bond donors (Lipinski definition) is 0. The van der Waals surface area contributed by atoms with E-state index in [1.165, 1.54) is 5.56 Å². The van der Waals surface area contributed by atoms with Crippen molar-refractivity contribution in [3.8, 4) is 51.3 Å². The van der Waals surface area contributed by atoms with E-state index in [1.54, 1.807) is 24.8 Å². The molecule has 0 saturated heterocycles. The fourth-order valence-corrected chi connectivity index (χ4v) is 4.89. The van der Waals surface area contributed by atoms with Gasteiger partial charge in [-0.15, -0.1) is 0 Å². The van der Waals surface area contributed by atoms with Gasteiger partial charge in [-0.25, -0.2) is 9.97 Å². The molecule has 0 fully saturated rings. The summed E-state index contributed by atoms with van der Waals surface area (Å²) in [5.41, 5.74) is 8.92. The number of ether oxygens (including phenoxy) is 1. The first-order chi connectivity index (χ1) is 27.6. The normalized spacial score (nSPS) is 13.2. The minimum Gasteiger partial charge on any atom is -0.255 e. The maximum Gasteiger partial charge on any atom is 2.00 e. The number of halogens is 13. The van der Waals surface area contributed by atoms with E-state index in [2.05, 4.69) is 65.1 Å². The van der Waals surface area contributed by atoms with Crippen LogP contribution in [-0.4, -0.2) is 29.9 Å². The maximum absolute atomic E-state index is 10.7. The third kappa shape index (κ3) is 23.0. The Kier molecular flexibility index (Phi) is 15.7. The Morgan fingerprint density at radius 1 is 0.393 bits per heavy atom. The van der Waals surface area contributed by atoms with Gasteiger partial charge >= 0.3 is 85.5 Å². The summed E-state index contributed by atoms with van der Waals surface area (Å²) >= 11 is 3.47. The van der Waals surface area contributed by atoms with Gasteiger partial charge in [0, 0.05) is 42.3 Å². The summed E-state index contributed by atoms with van der Waals surface area (Å²) in [6, 6.07) is 41.2. The van der Waals surface area contributed by atoms with Gasteiger partial charge in [0.2, 0.25) is 0 Å². The van der Waals surface area contributed by atoms with Gasteiger partial charge in [-0.3, -0.25) is 19.9 Å². The van der Waals surface area contributed by atoms with Crippen LogP contribution < -0.4 is 4.74 Å². The van der Waals surface area contributed by atoms with Crippen molar-refractivity contribution < 1.29 is 74.6 Å². The molecule has 326 valence electrons. The summed E-state index contributed by atoms with van der Waals surface area (Å²) in [5, 5.41) is 0.847. The van der Waals surface area contributed by atoms with Gasteiger partial charge < -0.3 is 4.74 Å². The third-order valence-electron chi connectivity index (χ3n) is 6.84. The number of aromatic nitrogens is 6. The first kappa shape index (κ1) is 50.4. The Morgan fingerprint density at radius 3 is 1.00 bits per heavy atom. The van der Waals surface area contributed by atoms with Crippen molar-refractivity contribution >= 4 is 31.5 Å². The van der Waals surface area contributed by atoms with Gasteiger partial charge in [-0.05, 0) is 71.8 Å². The molecular weight excluding hydrogens is 1030 g/mol. The van der Waals surface area contributed by atoms with Crippen molar-refractivity contribution in [3.05, 3.63) is 163 Å². The molecule has 23 heteroatoms. The van der Waals surface area contributed by atoms with E-state index >= 15 is 0 Å². The van der Waals surface area contributed by atoms with Gasteiger partial charge in [0.25, 0.3) is 0 Å². The van der Waals surface area contributed by atoms with Crippen molar-refractivity contribution in [2.45, 2.75) is 11.9 Å². The van der Waals surface area contributed by atoms with Crippen LogP contribution in [0.15, 0.2) is 152 Å². The number of benzene rings is 1. The average molecular weight is 1060 g/mol. The molecule has 6 heterocycles. The van der Waals surface area contributed by atoms with Crippen molar-refractivity contribution in [1.29, 1.82) is 0 Å². The number of nitrogens with zero attached hydrogens (tertiary/aromatic N) is 6. The fraction of sp³-hybridized carbons (Fsp3) is 0.0526. The number of alkyl halides is 1. The van der Waals surface area contributed by atoms with Crippen molar-refractivity contribution in [3.63, 3.8) is 0 Å². The molecule has 6 aromatic heterocycles. The Morgan fingerprint density at radius 2 is 0.689 bits per heavy atom. The minimum atomic E-state index is -10.7. The molecule has 0 N–H and O–H groups in total. The second-order valence-corrected chi connectivity index (χ2v) is 16.4. The second kappa shape index (κ2) is 19.0. The van der Waals surface area contributed by atoms with E-state index in [-0.39, 0.29) is 19.5 Å². The molecule has 0 atom stereocenters. The number of hydrogen-bond acceptors (Lipinski definition) is 7. The van der Waals surface area contributed by atoms with Gasteiger partial charge in [0.15, 0.2) is 0 Å². The molecule has 1 aromatic carbocycles. The molecule has 0 aliphatic carbocycles. The molecule has 0 bridgehead atoms. The van der Waals surface area contributed by atoms with Gasteiger partial charge in [-0.1, -0.05) is 70.5 Å². The number of pyridine rings is 6. The van der Waals surface area contributed by atoms with Crippen LogP contribution in [0.25, 0.3) is 45.6 Å². The smallest absolute Gasteiger partial charge is 0.255 e. The summed E-state index contributed by atoms with van der Waals surface area (Å²) in [7, 11) is -21.3. The van der Waals surface area contributed by atoms with Gasteiger partial charge in [0.1, 0.15) is 12.4 Å². The molecule has 0 saturated carbocycles. The number of rotatable bonds is 8. The predicted molar refractivity (Wildman–Crippen MR) is 212 cm³/mol. The van der Waals surface area contributed by atoms with E-state index in [4.69, 9.17) is 9.72 Å². The predicted octanol–water partition coefficient (Wildman–Crippen LogP) is 15.6. The summed E-state index contributed by atoms with van der Waals surface area (Å²) < 4.78 is 124. The first-order valence-corrected chi connectivity index (χ1v) is 21.9. The molecule has 0 radical (unpaired) electrons. The molecule has 0 amide bonds. The topological polar surface area (TPSA) is 86.6 Å². The van der Waals surface area contributed by atoms with E-state index in [0.29, 0.717) is 6.61 Å². The van der Waals surface area contributed by atoms with E-state index in [9.17, 15) is 50.4 Å². The summed E-state index contributed by atoms with van der Waals surface area (Å²) in [6.45, 7) is 0.482. The zero-order valence-corrected chi connectivity index (χ0v) is 35.7. The summed E-state index contributed by atoms with van der Waals surface area (Å²) in [6.07, 6.45) is 7.06. The summed E-state index contributed by atoms with van der Waals surface area (Å²) in [5.74, 6) is 0.737. The molecule has 0 unspecified atom stereocenters. The Labute approximate surface area is 361 Å². The molecule has 0 spiro atoms. The van der Waals surface area contributed by atoms with Crippen LogP contribution in [0.4, 0.5) is 50.4 Å². The second-order valence-electron chi connectivity index (χ2n) is 12.0. The standard InChI is InChI=1S/C23H18BrN3O.C15H11N3.2F6P.Ru/c24-15-17-7-9-18(10-8-17)16-28-19-13-22(20-5-1-3-11-25-20)27-23(14-19)21-6-2-4-12-26-21;1-3-10-16-12(6-1)14-8-5-9-15(18-14)13-7-2-4-11-17-13;2*1-7(2,3,4,5)6;/h1-14H,15-16H2;1-11H;;;/q;;2*-1;+2. The van der Waals surface area contributed by atoms with Crippen molar-refractivity contribution in [2.75, 3.05) is 0 Å². The van der Waals surface area contributed by atoms with Crippen LogP contribution >= 0.6 is 31.5 Å². The van der Waals surface area contributed by atoms with Crippen LogP contribution in [-0.2, 0) is 31.4 Å². The first-order valence-electron chi connectivity index (χ1n) is 16.7. The quantitative estimate of drug-likeness (QED) is 0.0648. The van der Waals surface area contributed by atoms with Gasteiger partial charge in [0.05, 0.1) is 45.6 Å². The van der Waals surface area contributed by atoms with Crippen LogP contribution in [0.3, 0.4) is 0 Å². The molecule has 0 aliphatic rings. The zero-order chi connectivity index (χ0) is 44.2. The van der Waals surface area contributed by atoms with Crippen LogP contribution in [0.2, 0.25) is 0 Å². The Hall–Kier alpha value is -4.96. The Balaban J connectivity index is 0.000000256. The zero-order valence-electron chi connectivity index (χ0n) is 30.6. The summed E-state index contributed by atoms with van der Waals surface area (Å²) in [4.78, 5) is 26.8. The average Bonchev–Trinajstić information content (AvgIpc) is 3.19. The molecule has 61 heavy (non-hydrogen) atoms. The largest absolute Gasteiger partial charge is 2.00 e. The fourth-order valence-electron chi connectivity index (χ4n) is 4.52. The third-order valence-corrected chi connectivity index (χ3v) is 7.49. The maximum atomic E-state index is 9.87. The molecule has 7 aromatic rings. The van der Waals surface area contributed by atoms with Crippen LogP contribution in [0, 0.1) is 0 Å². The van der Waals surface area contributed by atoms with E-state index < -0.39 is 15.6 Å². The van der Waals surface area contributed by atoms with Crippen LogP contribution in [0.1, 0.15) is 11.1 Å². The SMILES string of the molecule is BrCc1ccc(COc2cc(-c3ccccn3)nc(-c3ccccn3)c2)cc1.F[P-](F)(F)(F)(F)F.F[P-](F)(F)(F)(F)F.[Ru+2].c1ccc(-c2cccc(-c3ccccn3)n2)nc1. The molecule has 0 aliphatic heterocycles. The molecule has 7 nitrogen and oxygen atoms in total. The van der Waals surface area contributed by atoms with Crippen LogP contribution in [0.5, 0.6) is 5.75 Å². The van der Waals surface area contributed by atoms with E-state index in [1.807, 2.05) is 103 Å². The van der Waals surface area contributed by atoms with Crippen molar-refractivity contribution in [2.24, 2.45) is 0 Å².